The van der Waals surface area contributed by atoms with Gasteiger partial charge in [0.2, 0.25) is 0 Å². The standard InChI is InChI=1S/C16H16N2O/c1-11-15(10-17)14-9-13(7-8-16(14)18-11)19-12-5-3-2-4-6-12/h2-9,18H,10,17H2,1H3. The van der Waals surface area contributed by atoms with Gasteiger partial charge in [0, 0.05) is 23.1 Å². The Morgan fingerprint density at radius 1 is 1.05 bits per heavy atom. The van der Waals surface area contributed by atoms with Crippen molar-refractivity contribution in [3.05, 3.63) is 59.8 Å². The van der Waals surface area contributed by atoms with Crippen LogP contribution in [0.5, 0.6) is 11.5 Å². The molecule has 3 N–H and O–H groups in total. The summed E-state index contributed by atoms with van der Waals surface area (Å²) in [7, 11) is 0. The van der Waals surface area contributed by atoms with Crippen molar-refractivity contribution in [3.63, 3.8) is 0 Å². The summed E-state index contributed by atoms with van der Waals surface area (Å²) in [4.78, 5) is 3.33. The average molecular weight is 252 g/mol. The number of para-hydroxylation sites is 1. The molecule has 0 saturated carbocycles. The summed E-state index contributed by atoms with van der Waals surface area (Å²) in [6, 6.07) is 15.8. The van der Waals surface area contributed by atoms with E-state index in [1.54, 1.807) is 0 Å². The van der Waals surface area contributed by atoms with Crippen molar-refractivity contribution in [3.8, 4) is 11.5 Å². The molecule has 3 rings (SSSR count). The van der Waals surface area contributed by atoms with E-state index in [9.17, 15) is 0 Å². The minimum absolute atomic E-state index is 0.528. The molecule has 3 aromatic rings. The van der Waals surface area contributed by atoms with E-state index in [4.69, 9.17) is 10.5 Å². The normalized spacial score (nSPS) is 10.8. The number of hydrogen-bond donors (Lipinski definition) is 2. The van der Waals surface area contributed by atoms with Crippen LogP contribution in [0.3, 0.4) is 0 Å². The highest BCUT2D eigenvalue weighted by atomic mass is 16.5. The number of hydrogen-bond acceptors (Lipinski definition) is 2. The number of benzene rings is 2. The second-order valence-corrected chi connectivity index (χ2v) is 4.56. The predicted molar refractivity (Wildman–Crippen MR) is 77.4 cm³/mol. The van der Waals surface area contributed by atoms with Crippen LogP contribution in [-0.4, -0.2) is 4.98 Å². The topological polar surface area (TPSA) is 51.0 Å². The number of aromatic amines is 1. The molecule has 19 heavy (non-hydrogen) atoms. The van der Waals surface area contributed by atoms with Crippen molar-refractivity contribution in [2.24, 2.45) is 5.73 Å². The molecule has 0 unspecified atom stereocenters. The Hall–Kier alpha value is -2.26. The van der Waals surface area contributed by atoms with E-state index in [0.717, 1.165) is 33.7 Å². The fourth-order valence-corrected chi connectivity index (χ4v) is 2.31. The molecule has 0 spiro atoms. The van der Waals surface area contributed by atoms with Crippen molar-refractivity contribution >= 4 is 10.9 Å². The quantitative estimate of drug-likeness (QED) is 0.746. The van der Waals surface area contributed by atoms with Crippen LogP contribution in [0.1, 0.15) is 11.3 Å². The average Bonchev–Trinajstić information content (AvgIpc) is 2.74. The first kappa shape index (κ1) is 11.8. The van der Waals surface area contributed by atoms with Crippen molar-refractivity contribution < 1.29 is 4.74 Å². The first-order chi connectivity index (χ1) is 9.28. The SMILES string of the molecule is Cc1[nH]c2ccc(Oc3ccccc3)cc2c1CN. The summed E-state index contributed by atoms with van der Waals surface area (Å²) in [5.74, 6) is 1.66. The molecule has 0 saturated heterocycles. The minimum atomic E-state index is 0.528. The summed E-state index contributed by atoms with van der Waals surface area (Å²) in [6.07, 6.45) is 0. The van der Waals surface area contributed by atoms with Gasteiger partial charge in [0.05, 0.1) is 0 Å². The van der Waals surface area contributed by atoms with Gasteiger partial charge in [0.1, 0.15) is 11.5 Å². The zero-order valence-electron chi connectivity index (χ0n) is 10.8. The highest BCUT2D eigenvalue weighted by Gasteiger charge is 2.08. The number of aromatic nitrogens is 1. The second-order valence-electron chi connectivity index (χ2n) is 4.56. The Kier molecular flexibility index (Phi) is 2.97. The van der Waals surface area contributed by atoms with Crippen LogP contribution in [0.4, 0.5) is 0 Å². The lowest BCUT2D eigenvalue weighted by atomic mass is 10.1. The van der Waals surface area contributed by atoms with Crippen LogP contribution < -0.4 is 10.5 Å². The molecule has 0 atom stereocenters. The highest BCUT2D eigenvalue weighted by molar-refractivity contribution is 5.86. The molecule has 0 bridgehead atoms. The second kappa shape index (κ2) is 4.78. The third kappa shape index (κ3) is 2.20. The van der Waals surface area contributed by atoms with Gasteiger partial charge in [-0.3, -0.25) is 0 Å². The molecule has 0 aliphatic rings. The molecule has 96 valence electrons. The molecule has 2 aromatic carbocycles. The maximum atomic E-state index is 5.84. The van der Waals surface area contributed by atoms with Gasteiger partial charge in [-0.2, -0.15) is 0 Å². The monoisotopic (exact) mass is 252 g/mol. The maximum Gasteiger partial charge on any atom is 0.128 e. The first-order valence-corrected chi connectivity index (χ1v) is 6.32. The lowest BCUT2D eigenvalue weighted by Gasteiger charge is -2.05. The number of H-pyrrole nitrogens is 1. The maximum absolute atomic E-state index is 5.84. The summed E-state index contributed by atoms with van der Waals surface area (Å²) in [5.41, 5.74) is 9.17. The van der Waals surface area contributed by atoms with Gasteiger partial charge in [-0.1, -0.05) is 18.2 Å². The van der Waals surface area contributed by atoms with Crippen LogP contribution in [0.25, 0.3) is 10.9 Å². The van der Waals surface area contributed by atoms with Gasteiger partial charge in [-0.25, -0.2) is 0 Å². The van der Waals surface area contributed by atoms with Crippen LogP contribution in [0, 0.1) is 6.92 Å². The van der Waals surface area contributed by atoms with Crippen LogP contribution in [0.2, 0.25) is 0 Å². The Morgan fingerprint density at radius 3 is 2.58 bits per heavy atom. The Labute approximate surface area is 112 Å². The van der Waals surface area contributed by atoms with Gasteiger partial charge < -0.3 is 15.5 Å². The molecule has 3 heteroatoms. The van der Waals surface area contributed by atoms with E-state index in [0.29, 0.717) is 6.54 Å². The Bertz CT molecular complexity index is 701. The van der Waals surface area contributed by atoms with E-state index in [1.165, 1.54) is 0 Å². The number of aryl methyl sites for hydroxylation is 1. The third-order valence-electron chi connectivity index (χ3n) is 3.27. The third-order valence-corrected chi connectivity index (χ3v) is 3.27. The van der Waals surface area contributed by atoms with Gasteiger partial charge in [0.25, 0.3) is 0 Å². The number of nitrogens with two attached hydrogens (primary N) is 1. The largest absolute Gasteiger partial charge is 0.457 e. The van der Waals surface area contributed by atoms with Gasteiger partial charge in [-0.05, 0) is 42.8 Å². The van der Waals surface area contributed by atoms with E-state index >= 15 is 0 Å². The number of rotatable bonds is 3. The highest BCUT2D eigenvalue weighted by Crippen LogP contribution is 2.28. The van der Waals surface area contributed by atoms with Gasteiger partial charge >= 0.3 is 0 Å². The predicted octanol–water partition coefficient (Wildman–Crippen LogP) is 3.73. The number of fused-ring (bicyclic) bond motifs is 1. The van der Waals surface area contributed by atoms with Crippen LogP contribution >= 0.6 is 0 Å². The summed E-state index contributed by atoms with van der Waals surface area (Å²) < 4.78 is 5.84. The van der Waals surface area contributed by atoms with Crippen molar-refractivity contribution in [2.45, 2.75) is 13.5 Å². The van der Waals surface area contributed by atoms with E-state index in [2.05, 4.69) is 4.98 Å². The Balaban J connectivity index is 2.01. The van der Waals surface area contributed by atoms with Crippen molar-refractivity contribution in [1.29, 1.82) is 0 Å². The fraction of sp³-hybridized carbons (Fsp3) is 0.125. The molecule has 0 aliphatic carbocycles. The summed E-state index contributed by atoms with van der Waals surface area (Å²) in [6.45, 7) is 2.57. The molecule has 0 aliphatic heterocycles. The van der Waals surface area contributed by atoms with Gasteiger partial charge in [-0.15, -0.1) is 0 Å². The van der Waals surface area contributed by atoms with E-state index in [1.807, 2.05) is 55.5 Å². The molecular formula is C16H16N2O. The van der Waals surface area contributed by atoms with Crippen LogP contribution in [0.15, 0.2) is 48.5 Å². The summed E-state index contributed by atoms with van der Waals surface area (Å²) in [5, 5.41) is 1.13. The van der Waals surface area contributed by atoms with Crippen molar-refractivity contribution in [2.75, 3.05) is 0 Å². The Morgan fingerprint density at radius 2 is 1.84 bits per heavy atom. The molecule has 0 amide bonds. The minimum Gasteiger partial charge on any atom is -0.457 e. The zero-order valence-corrected chi connectivity index (χ0v) is 10.8. The smallest absolute Gasteiger partial charge is 0.128 e. The lowest BCUT2D eigenvalue weighted by Crippen LogP contribution is -1.96. The van der Waals surface area contributed by atoms with Gasteiger partial charge in [0.15, 0.2) is 0 Å². The molecule has 1 heterocycles. The number of ether oxygens (including phenoxy) is 1. The van der Waals surface area contributed by atoms with Crippen LogP contribution in [-0.2, 0) is 6.54 Å². The van der Waals surface area contributed by atoms with Crippen molar-refractivity contribution in [1.82, 2.24) is 4.98 Å². The molecule has 0 fully saturated rings. The fourth-order valence-electron chi connectivity index (χ4n) is 2.31. The lowest BCUT2D eigenvalue weighted by molar-refractivity contribution is 0.483. The molecular weight excluding hydrogens is 236 g/mol. The summed E-state index contributed by atoms with van der Waals surface area (Å²) >= 11 is 0. The molecule has 3 nitrogen and oxygen atoms in total. The molecule has 1 aromatic heterocycles. The zero-order chi connectivity index (χ0) is 13.2. The van der Waals surface area contributed by atoms with E-state index in [-0.39, 0.29) is 0 Å². The first-order valence-electron chi connectivity index (χ1n) is 6.32. The van der Waals surface area contributed by atoms with E-state index < -0.39 is 0 Å². The molecule has 0 radical (unpaired) electrons. The number of nitrogens with one attached hydrogen (secondary N) is 1.